The summed E-state index contributed by atoms with van der Waals surface area (Å²) in [7, 11) is 0. The summed E-state index contributed by atoms with van der Waals surface area (Å²) < 4.78 is 5.82. The lowest BCUT2D eigenvalue weighted by Gasteiger charge is -2.05. The standard InChI is InChI=1S/C14H17N3OS/c1-2-10-5-3-4-6-12(10)18-14-17-16-13(19-14)9-15-11-7-8-11/h3-6,11,15H,2,7-9H2,1H3. The van der Waals surface area contributed by atoms with Crippen molar-refractivity contribution in [2.45, 2.75) is 38.8 Å². The molecule has 5 heteroatoms. The van der Waals surface area contributed by atoms with E-state index in [2.05, 4.69) is 28.5 Å². The Balaban J connectivity index is 1.65. The van der Waals surface area contributed by atoms with Crippen LogP contribution in [0.15, 0.2) is 24.3 Å². The van der Waals surface area contributed by atoms with Gasteiger partial charge in [-0.1, -0.05) is 41.6 Å². The first kappa shape index (κ1) is 12.6. The highest BCUT2D eigenvalue weighted by Crippen LogP contribution is 2.28. The molecule has 1 aromatic carbocycles. The predicted molar refractivity (Wildman–Crippen MR) is 75.7 cm³/mol. The fraction of sp³-hybridized carbons (Fsp3) is 0.429. The summed E-state index contributed by atoms with van der Waals surface area (Å²) in [5.41, 5.74) is 1.19. The normalized spacial score (nSPS) is 14.6. The molecule has 1 fully saturated rings. The largest absolute Gasteiger partial charge is 0.430 e. The second-order valence-electron chi connectivity index (χ2n) is 4.68. The van der Waals surface area contributed by atoms with Crippen LogP contribution in [0.3, 0.4) is 0 Å². The fourth-order valence-corrected chi connectivity index (χ4v) is 2.51. The van der Waals surface area contributed by atoms with Crippen LogP contribution < -0.4 is 10.1 Å². The Morgan fingerprint density at radius 3 is 2.95 bits per heavy atom. The van der Waals surface area contributed by atoms with E-state index in [1.165, 1.54) is 29.7 Å². The SMILES string of the molecule is CCc1ccccc1Oc1nnc(CNC2CC2)s1. The van der Waals surface area contributed by atoms with Gasteiger partial charge in [0.25, 0.3) is 5.19 Å². The van der Waals surface area contributed by atoms with Crippen LogP contribution in [0, 0.1) is 0 Å². The molecule has 3 rings (SSSR count). The number of nitrogens with zero attached hydrogens (tertiary/aromatic N) is 2. The van der Waals surface area contributed by atoms with Gasteiger partial charge in [-0.3, -0.25) is 0 Å². The van der Waals surface area contributed by atoms with Crippen molar-refractivity contribution in [1.29, 1.82) is 0 Å². The molecule has 0 unspecified atom stereocenters. The molecule has 1 N–H and O–H groups in total. The molecule has 0 aliphatic heterocycles. The van der Waals surface area contributed by atoms with Crippen molar-refractivity contribution in [2.24, 2.45) is 0 Å². The molecular weight excluding hydrogens is 258 g/mol. The molecule has 0 bridgehead atoms. The molecule has 0 radical (unpaired) electrons. The minimum atomic E-state index is 0.619. The Labute approximate surface area is 116 Å². The lowest BCUT2D eigenvalue weighted by molar-refractivity contribution is 0.467. The molecule has 2 aromatic rings. The van der Waals surface area contributed by atoms with Crippen molar-refractivity contribution >= 4 is 11.3 Å². The van der Waals surface area contributed by atoms with Gasteiger partial charge in [-0.25, -0.2) is 0 Å². The average Bonchev–Trinajstić information content (AvgIpc) is 3.17. The first-order valence-electron chi connectivity index (χ1n) is 6.66. The van der Waals surface area contributed by atoms with E-state index in [0.717, 1.165) is 23.7 Å². The zero-order valence-electron chi connectivity index (χ0n) is 10.9. The summed E-state index contributed by atoms with van der Waals surface area (Å²) in [6.45, 7) is 2.91. The molecular formula is C14H17N3OS. The van der Waals surface area contributed by atoms with Gasteiger partial charge in [0, 0.05) is 6.04 Å². The lowest BCUT2D eigenvalue weighted by atomic mass is 10.1. The van der Waals surface area contributed by atoms with Crippen molar-refractivity contribution in [3.63, 3.8) is 0 Å². The third-order valence-corrected chi connectivity index (χ3v) is 3.92. The number of aromatic nitrogens is 2. The van der Waals surface area contributed by atoms with Gasteiger partial charge in [-0.05, 0) is 30.9 Å². The van der Waals surface area contributed by atoms with Gasteiger partial charge in [0.2, 0.25) is 0 Å². The summed E-state index contributed by atoms with van der Waals surface area (Å²) in [6.07, 6.45) is 3.52. The first-order chi connectivity index (χ1) is 9.35. The summed E-state index contributed by atoms with van der Waals surface area (Å²) in [5, 5.41) is 13.3. The molecule has 19 heavy (non-hydrogen) atoms. The molecule has 0 spiro atoms. The number of hydrogen-bond acceptors (Lipinski definition) is 5. The highest BCUT2D eigenvalue weighted by atomic mass is 32.1. The van der Waals surface area contributed by atoms with E-state index in [-0.39, 0.29) is 0 Å². The Kier molecular flexibility index (Phi) is 3.75. The molecule has 100 valence electrons. The monoisotopic (exact) mass is 275 g/mol. The topological polar surface area (TPSA) is 47.0 Å². The summed E-state index contributed by atoms with van der Waals surface area (Å²) in [4.78, 5) is 0. The third kappa shape index (κ3) is 3.30. The zero-order chi connectivity index (χ0) is 13.1. The second-order valence-corrected chi connectivity index (χ2v) is 5.70. The van der Waals surface area contributed by atoms with E-state index < -0.39 is 0 Å². The molecule has 0 saturated heterocycles. The maximum absolute atomic E-state index is 5.82. The molecule has 0 atom stereocenters. The number of aryl methyl sites for hydroxylation is 1. The van der Waals surface area contributed by atoms with Crippen LogP contribution in [0.25, 0.3) is 0 Å². The molecule has 4 nitrogen and oxygen atoms in total. The molecule has 0 amide bonds. The number of hydrogen-bond donors (Lipinski definition) is 1. The fourth-order valence-electron chi connectivity index (χ4n) is 1.86. The van der Waals surface area contributed by atoms with E-state index in [0.29, 0.717) is 11.2 Å². The zero-order valence-corrected chi connectivity index (χ0v) is 11.7. The Morgan fingerprint density at radius 2 is 2.16 bits per heavy atom. The highest BCUT2D eigenvalue weighted by Gasteiger charge is 2.20. The van der Waals surface area contributed by atoms with Crippen LogP contribution in [-0.2, 0) is 13.0 Å². The number of ether oxygens (including phenoxy) is 1. The molecule has 1 heterocycles. The van der Waals surface area contributed by atoms with Crippen molar-refractivity contribution < 1.29 is 4.74 Å². The van der Waals surface area contributed by atoms with Crippen LogP contribution in [0.2, 0.25) is 0 Å². The second kappa shape index (κ2) is 5.67. The van der Waals surface area contributed by atoms with Gasteiger partial charge in [-0.2, -0.15) is 0 Å². The van der Waals surface area contributed by atoms with Crippen LogP contribution in [-0.4, -0.2) is 16.2 Å². The first-order valence-corrected chi connectivity index (χ1v) is 7.48. The maximum Gasteiger partial charge on any atom is 0.299 e. The molecule has 1 aliphatic carbocycles. The van der Waals surface area contributed by atoms with Gasteiger partial charge < -0.3 is 10.1 Å². The number of benzene rings is 1. The van der Waals surface area contributed by atoms with Gasteiger partial charge >= 0.3 is 0 Å². The van der Waals surface area contributed by atoms with E-state index in [1.54, 1.807) is 0 Å². The van der Waals surface area contributed by atoms with E-state index in [4.69, 9.17) is 4.74 Å². The number of rotatable bonds is 6. The summed E-state index contributed by atoms with van der Waals surface area (Å²) >= 11 is 1.51. The summed E-state index contributed by atoms with van der Waals surface area (Å²) in [5.74, 6) is 0.878. The van der Waals surface area contributed by atoms with E-state index >= 15 is 0 Å². The highest BCUT2D eigenvalue weighted by molar-refractivity contribution is 7.13. The predicted octanol–water partition coefficient (Wildman–Crippen LogP) is 3.14. The maximum atomic E-state index is 5.82. The Hall–Kier alpha value is -1.46. The minimum Gasteiger partial charge on any atom is -0.430 e. The number of para-hydroxylation sites is 1. The Morgan fingerprint density at radius 1 is 1.32 bits per heavy atom. The van der Waals surface area contributed by atoms with Gasteiger partial charge in [0.05, 0.1) is 6.54 Å². The van der Waals surface area contributed by atoms with Gasteiger partial charge in [-0.15, -0.1) is 5.10 Å². The molecule has 1 aliphatic rings. The van der Waals surface area contributed by atoms with Crippen LogP contribution >= 0.6 is 11.3 Å². The van der Waals surface area contributed by atoms with Gasteiger partial charge in [0.15, 0.2) is 0 Å². The average molecular weight is 275 g/mol. The Bertz CT molecular complexity index is 551. The third-order valence-electron chi connectivity index (χ3n) is 3.12. The summed E-state index contributed by atoms with van der Waals surface area (Å²) in [6, 6.07) is 8.74. The quantitative estimate of drug-likeness (QED) is 0.879. The van der Waals surface area contributed by atoms with E-state index in [9.17, 15) is 0 Å². The minimum absolute atomic E-state index is 0.619. The smallest absolute Gasteiger partial charge is 0.299 e. The van der Waals surface area contributed by atoms with Crippen LogP contribution in [0.5, 0.6) is 10.9 Å². The van der Waals surface area contributed by atoms with Crippen molar-refractivity contribution in [3.05, 3.63) is 34.8 Å². The van der Waals surface area contributed by atoms with Crippen LogP contribution in [0.1, 0.15) is 30.3 Å². The lowest BCUT2D eigenvalue weighted by Crippen LogP contribution is -2.14. The van der Waals surface area contributed by atoms with E-state index in [1.807, 2.05) is 18.2 Å². The van der Waals surface area contributed by atoms with Gasteiger partial charge in [0.1, 0.15) is 10.8 Å². The molecule has 1 aromatic heterocycles. The van der Waals surface area contributed by atoms with Crippen molar-refractivity contribution in [2.75, 3.05) is 0 Å². The number of nitrogens with one attached hydrogen (secondary N) is 1. The van der Waals surface area contributed by atoms with Crippen molar-refractivity contribution in [3.8, 4) is 10.9 Å². The van der Waals surface area contributed by atoms with Crippen LogP contribution in [0.4, 0.5) is 0 Å². The molecule has 1 saturated carbocycles. The van der Waals surface area contributed by atoms with Crippen molar-refractivity contribution in [1.82, 2.24) is 15.5 Å².